The first-order valence-corrected chi connectivity index (χ1v) is 26.4. The summed E-state index contributed by atoms with van der Waals surface area (Å²) < 4.78 is 58.9. The number of nitrogens with zero attached hydrogens (tertiary/aromatic N) is 5. The van der Waals surface area contributed by atoms with Crippen LogP contribution in [0.25, 0.3) is 0 Å². The second-order valence-corrected chi connectivity index (χ2v) is 20.9. The Bertz CT molecular complexity index is 2990. The molecule has 73 heavy (non-hydrogen) atoms. The van der Waals surface area contributed by atoms with Crippen LogP contribution in [0.2, 0.25) is 0 Å². The highest BCUT2D eigenvalue weighted by Gasteiger charge is 2.74. The molecule has 0 radical (unpaired) electrons. The maximum absolute atomic E-state index is 17.8. The molecule has 0 saturated carbocycles. The van der Waals surface area contributed by atoms with Gasteiger partial charge >= 0.3 is 41.4 Å². The molecular weight excluding hydrogens is 1010 g/mol. The van der Waals surface area contributed by atoms with Gasteiger partial charge in [-0.15, -0.1) is 0 Å². The Labute approximate surface area is 415 Å². The Morgan fingerprint density at radius 3 is 0.945 bits per heavy atom. The minimum Gasteiger partial charge on any atom is -0.315 e. The van der Waals surface area contributed by atoms with Gasteiger partial charge in [0.25, 0.3) is 17.7 Å². The van der Waals surface area contributed by atoms with Gasteiger partial charge in [0.1, 0.15) is 20.2 Å². The van der Waals surface area contributed by atoms with Crippen LogP contribution in [0.15, 0.2) is 182 Å². The van der Waals surface area contributed by atoms with Crippen molar-refractivity contribution >= 4 is 59.1 Å². The normalized spacial score (nSPS) is 17.7. The number of hydrogen-bond acceptors (Lipinski definition) is 12. The van der Waals surface area contributed by atoms with Gasteiger partial charge in [0.05, 0.1) is 0 Å². The zero-order valence-corrected chi connectivity index (χ0v) is 40.4. The molecule has 9 amide bonds. The van der Waals surface area contributed by atoms with Crippen LogP contribution >= 0.6 is 23.3 Å². The SMILES string of the molecule is O=C1NC(c2ccccc2)(c2ccccc2)C(=O)N1COP(=O)(N1C(=O)N(COP(=O)(O)O)C(=O)C1(c1ccccc1)c1ccccc1)N1C(=O)N(COP(=O)(O)O)C(=O)C1(c1ccccc1)c1ccccc1. The fourth-order valence-corrected chi connectivity index (χ4v) is 12.6. The number of rotatable bonds is 17. The van der Waals surface area contributed by atoms with Gasteiger partial charge in [-0.25, -0.2) is 52.1 Å². The first kappa shape index (κ1) is 50.5. The average Bonchev–Trinajstić information content (AvgIpc) is 3.89. The van der Waals surface area contributed by atoms with Gasteiger partial charge in [-0.1, -0.05) is 182 Å². The van der Waals surface area contributed by atoms with Gasteiger partial charge in [0.2, 0.25) is 0 Å². The van der Waals surface area contributed by atoms with Crippen LogP contribution in [0.4, 0.5) is 14.4 Å². The molecule has 3 fully saturated rings. The fourth-order valence-electron chi connectivity index (χ4n) is 9.35. The lowest BCUT2D eigenvalue weighted by Gasteiger charge is -2.46. The maximum Gasteiger partial charge on any atom is 0.471 e. The molecule has 6 aromatic rings. The third-order valence-corrected chi connectivity index (χ3v) is 15.7. The van der Waals surface area contributed by atoms with Crippen LogP contribution in [0, 0.1) is 0 Å². The van der Waals surface area contributed by atoms with E-state index in [1.165, 1.54) is 121 Å². The molecule has 3 saturated heterocycles. The summed E-state index contributed by atoms with van der Waals surface area (Å²) >= 11 is 0. The quantitative estimate of drug-likeness (QED) is 0.0508. The lowest BCUT2D eigenvalue weighted by atomic mass is 9.82. The summed E-state index contributed by atoms with van der Waals surface area (Å²) in [5.74, 6) is -3.81. The highest BCUT2D eigenvalue weighted by atomic mass is 31.2. The van der Waals surface area contributed by atoms with Crippen molar-refractivity contribution in [3.8, 4) is 0 Å². The molecule has 9 rings (SSSR count). The van der Waals surface area contributed by atoms with Crippen LogP contribution in [-0.4, -0.2) is 99.6 Å². The number of phosphoric ester groups is 2. The van der Waals surface area contributed by atoms with E-state index in [1.54, 1.807) is 60.7 Å². The molecule has 0 unspecified atom stereocenters. The number of carbonyl (C=O) groups is 6. The van der Waals surface area contributed by atoms with E-state index >= 15 is 28.5 Å². The van der Waals surface area contributed by atoms with Gasteiger partial charge in [0.15, 0.2) is 16.6 Å². The number of imide groups is 3. The van der Waals surface area contributed by atoms with Crippen LogP contribution in [0.1, 0.15) is 33.4 Å². The molecule has 25 heteroatoms. The Balaban J connectivity index is 1.36. The molecule has 0 bridgehead atoms. The molecule has 22 nitrogen and oxygen atoms in total. The minimum absolute atomic E-state index is 0.183. The van der Waals surface area contributed by atoms with Crippen molar-refractivity contribution in [1.82, 2.24) is 29.4 Å². The Morgan fingerprint density at radius 1 is 0.384 bits per heavy atom. The molecule has 6 aromatic carbocycles. The summed E-state index contributed by atoms with van der Waals surface area (Å²) in [5.41, 5.74) is -7.92. The second kappa shape index (κ2) is 19.2. The van der Waals surface area contributed by atoms with Gasteiger partial charge in [-0.3, -0.25) is 28.0 Å². The summed E-state index contributed by atoms with van der Waals surface area (Å²) in [6.07, 6.45) is 0. The highest BCUT2D eigenvalue weighted by Crippen LogP contribution is 2.70. The first-order valence-electron chi connectivity index (χ1n) is 21.8. The van der Waals surface area contributed by atoms with Crippen molar-refractivity contribution in [3.63, 3.8) is 0 Å². The van der Waals surface area contributed by atoms with Gasteiger partial charge < -0.3 is 24.9 Å². The second-order valence-electron chi connectivity index (χ2n) is 16.4. The molecule has 0 atom stereocenters. The Morgan fingerprint density at radius 2 is 0.658 bits per heavy atom. The number of nitrogens with one attached hydrogen (secondary N) is 1. The molecular formula is C48H41N6O16P3. The first-order chi connectivity index (χ1) is 34.8. The summed E-state index contributed by atoms with van der Waals surface area (Å²) in [6.45, 7) is -4.46. The predicted octanol–water partition coefficient (Wildman–Crippen LogP) is 6.11. The molecule has 3 aliphatic heterocycles. The molecule has 0 aliphatic carbocycles. The standard InChI is InChI=1S/C48H41N6O16P3/c55-40-46(34-19-7-1-8-20-34,35-21-9-2-10-22-35)49-43(58)50(40)31-68-71(61,53-44(59)51(32-69-72(62,63)64)41(56)47(53,36-23-11-3-12-24-36)37-25-13-4-14-26-37)54-45(60)52(33-70-73(65,66)67)42(57)48(54,38-27-15-5-16-28-38)39-29-17-6-18-30-39/h1-30H,31-33H2,(H,49,58)(H2,62,63,64)(H2,65,66,67). The third-order valence-electron chi connectivity index (χ3n) is 12.4. The van der Waals surface area contributed by atoms with Crippen molar-refractivity contribution in [2.24, 2.45) is 0 Å². The number of hydrogen-bond donors (Lipinski definition) is 5. The summed E-state index contributed by atoms with van der Waals surface area (Å²) in [6, 6.07) is 39.6. The van der Waals surface area contributed by atoms with Crippen LogP contribution < -0.4 is 5.32 Å². The fraction of sp³-hybridized carbons (Fsp3) is 0.125. The number of carbonyl (C=O) groups excluding carboxylic acids is 6. The summed E-state index contributed by atoms with van der Waals surface area (Å²) in [7, 11) is -17.4. The lowest BCUT2D eigenvalue weighted by molar-refractivity contribution is -0.134. The number of benzene rings is 6. The molecule has 3 heterocycles. The van der Waals surface area contributed by atoms with Crippen molar-refractivity contribution in [2.45, 2.75) is 16.6 Å². The van der Waals surface area contributed by atoms with E-state index in [0.29, 0.717) is 14.2 Å². The number of phosphoric acid groups is 2. The highest BCUT2D eigenvalue weighted by molar-refractivity contribution is 7.55. The van der Waals surface area contributed by atoms with Gasteiger partial charge in [-0.2, -0.15) is 0 Å². The van der Waals surface area contributed by atoms with Gasteiger partial charge in [-0.05, 0) is 33.4 Å². The molecule has 0 spiro atoms. The van der Waals surface area contributed by atoms with E-state index in [2.05, 4.69) is 5.32 Å². The van der Waals surface area contributed by atoms with Crippen LogP contribution in [0.3, 0.4) is 0 Å². The predicted molar refractivity (Wildman–Crippen MR) is 254 cm³/mol. The van der Waals surface area contributed by atoms with E-state index in [1.807, 2.05) is 0 Å². The molecule has 0 aromatic heterocycles. The van der Waals surface area contributed by atoms with Crippen LogP contribution in [0.5, 0.6) is 0 Å². The Kier molecular flexibility index (Phi) is 13.3. The topological polar surface area (TPSA) is 290 Å². The lowest BCUT2D eigenvalue weighted by Crippen LogP contribution is -2.54. The molecule has 5 N–H and O–H groups in total. The van der Waals surface area contributed by atoms with Crippen molar-refractivity contribution in [2.75, 3.05) is 20.2 Å². The van der Waals surface area contributed by atoms with Crippen LogP contribution in [-0.2, 0) is 58.3 Å². The van der Waals surface area contributed by atoms with E-state index in [-0.39, 0.29) is 43.2 Å². The third kappa shape index (κ3) is 8.38. The average molecular weight is 1050 g/mol. The smallest absolute Gasteiger partial charge is 0.315 e. The van der Waals surface area contributed by atoms with Crippen molar-refractivity contribution in [3.05, 3.63) is 215 Å². The summed E-state index contributed by atoms with van der Waals surface area (Å²) in [5, 5.41) is 2.72. The number of urea groups is 3. The molecule has 374 valence electrons. The van der Waals surface area contributed by atoms with E-state index in [9.17, 15) is 33.5 Å². The monoisotopic (exact) mass is 1050 g/mol. The van der Waals surface area contributed by atoms with Crippen molar-refractivity contribution < 1.29 is 75.6 Å². The minimum atomic E-state index is -6.33. The van der Waals surface area contributed by atoms with E-state index < -0.39 is 95.9 Å². The Hall–Kier alpha value is -7.45. The number of amides is 9. The zero-order valence-electron chi connectivity index (χ0n) is 37.7. The summed E-state index contributed by atoms with van der Waals surface area (Å²) in [4.78, 5) is 133. The zero-order chi connectivity index (χ0) is 52.0. The van der Waals surface area contributed by atoms with Crippen molar-refractivity contribution in [1.29, 1.82) is 0 Å². The van der Waals surface area contributed by atoms with E-state index in [4.69, 9.17) is 13.6 Å². The maximum atomic E-state index is 17.8. The molecule has 3 aliphatic rings. The largest absolute Gasteiger partial charge is 0.471 e. The van der Waals surface area contributed by atoms with Gasteiger partial charge in [0, 0.05) is 0 Å². The van der Waals surface area contributed by atoms with E-state index in [0.717, 1.165) is 0 Å².